The topological polar surface area (TPSA) is 64.4 Å². The van der Waals surface area contributed by atoms with Gasteiger partial charge in [0, 0.05) is 13.2 Å². The van der Waals surface area contributed by atoms with Crippen LogP contribution in [0.1, 0.15) is 47.0 Å². The van der Waals surface area contributed by atoms with Crippen molar-refractivity contribution >= 4 is 18.3 Å². The van der Waals surface area contributed by atoms with E-state index in [4.69, 9.17) is 10.5 Å². The lowest BCUT2D eigenvalue weighted by molar-refractivity contribution is -0.126. The molecule has 0 aliphatic heterocycles. The second-order valence-electron chi connectivity index (χ2n) is 5.22. The van der Waals surface area contributed by atoms with Crippen LogP contribution in [0.2, 0.25) is 0 Å². The van der Waals surface area contributed by atoms with Crippen molar-refractivity contribution in [2.75, 3.05) is 19.8 Å². The van der Waals surface area contributed by atoms with Crippen molar-refractivity contribution < 1.29 is 9.53 Å². The van der Waals surface area contributed by atoms with E-state index in [1.165, 1.54) is 0 Å². The summed E-state index contributed by atoms with van der Waals surface area (Å²) in [7, 11) is 0. The third-order valence-corrected chi connectivity index (χ3v) is 2.66. The zero-order chi connectivity index (χ0) is 13.3. The molecule has 0 aliphatic carbocycles. The maximum absolute atomic E-state index is 11.7. The summed E-state index contributed by atoms with van der Waals surface area (Å²) < 4.78 is 5.41. The first-order valence-electron chi connectivity index (χ1n) is 6.55. The Morgan fingerprint density at radius 2 is 2.00 bits per heavy atom. The molecule has 0 aromatic carbocycles. The minimum Gasteiger partial charge on any atom is -0.380 e. The van der Waals surface area contributed by atoms with E-state index in [2.05, 4.69) is 19.2 Å². The normalized spacial score (nSPS) is 13.9. The molecule has 0 radical (unpaired) electrons. The Kier molecular flexibility index (Phi) is 11.8. The number of nitrogens with two attached hydrogens (primary N) is 1. The predicted molar refractivity (Wildman–Crippen MR) is 78.0 cm³/mol. The van der Waals surface area contributed by atoms with E-state index in [9.17, 15) is 4.79 Å². The smallest absolute Gasteiger partial charge is 0.239 e. The van der Waals surface area contributed by atoms with Gasteiger partial charge in [0.1, 0.15) is 0 Å². The Morgan fingerprint density at radius 1 is 1.39 bits per heavy atom. The summed E-state index contributed by atoms with van der Waals surface area (Å²) in [4.78, 5) is 11.7. The fourth-order valence-electron chi connectivity index (χ4n) is 1.49. The van der Waals surface area contributed by atoms with Crippen LogP contribution in [0, 0.1) is 5.92 Å². The van der Waals surface area contributed by atoms with Crippen LogP contribution >= 0.6 is 12.4 Å². The van der Waals surface area contributed by atoms with Crippen molar-refractivity contribution in [1.29, 1.82) is 0 Å². The van der Waals surface area contributed by atoms with E-state index in [0.29, 0.717) is 25.5 Å². The van der Waals surface area contributed by atoms with E-state index in [1.807, 2.05) is 6.92 Å². The van der Waals surface area contributed by atoms with Crippen LogP contribution in [0.25, 0.3) is 0 Å². The van der Waals surface area contributed by atoms with Gasteiger partial charge in [-0.05, 0) is 25.7 Å². The molecule has 0 aromatic heterocycles. The molecule has 1 unspecified atom stereocenters. The SMILES string of the molecule is CCCC(C)(N)C(=O)NCCOCCC(C)C.Cl. The predicted octanol–water partition coefficient (Wildman–Crippen LogP) is 2.10. The van der Waals surface area contributed by atoms with Gasteiger partial charge < -0.3 is 15.8 Å². The number of rotatable bonds is 9. The first kappa shape index (κ1) is 20.0. The zero-order valence-electron chi connectivity index (χ0n) is 12.1. The fourth-order valence-corrected chi connectivity index (χ4v) is 1.49. The molecule has 0 heterocycles. The van der Waals surface area contributed by atoms with E-state index >= 15 is 0 Å². The molecule has 0 fully saturated rings. The molecule has 0 aliphatic rings. The lowest BCUT2D eigenvalue weighted by Gasteiger charge is -2.22. The highest BCUT2D eigenvalue weighted by Gasteiger charge is 2.26. The average molecular weight is 281 g/mol. The van der Waals surface area contributed by atoms with Crippen molar-refractivity contribution in [1.82, 2.24) is 5.32 Å². The van der Waals surface area contributed by atoms with Crippen molar-refractivity contribution in [2.45, 2.75) is 52.5 Å². The highest BCUT2D eigenvalue weighted by atomic mass is 35.5. The van der Waals surface area contributed by atoms with Crippen LogP contribution in [0.15, 0.2) is 0 Å². The number of halogens is 1. The maximum atomic E-state index is 11.7. The molecule has 110 valence electrons. The fraction of sp³-hybridized carbons (Fsp3) is 0.923. The van der Waals surface area contributed by atoms with Gasteiger partial charge in [-0.1, -0.05) is 27.2 Å². The number of carbonyl (C=O) groups excluding carboxylic acids is 1. The van der Waals surface area contributed by atoms with Crippen molar-refractivity contribution in [3.63, 3.8) is 0 Å². The van der Waals surface area contributed by atoms with Gasteiger partial charge in [0.2, 0.25) is 5.91 Å². The molecule has 0 aromatic rings. The van der Waals surface area contributed by atoms with Gasteiger partial charge in [0.05, 0.1) is 12.1 Å². The number of hydrogen-bond donors (Lipinski definition) is 2. The summed E-state index contributed by atoms with van der Waals surface area (Å²) in [5, 5.41) is 2.81. The van der Waals surface area contributed by atoms with Crippen LogP contribution in [0.3, 0.4) is 0 Å². The van der Waals surface area contributed by atoms with Gasteiger partial charge >= 0.3 is 0 Å². The first-order valence-corrected chi connectivity index (χ1v) is 6.55. The Balaban J connectivity index is 0. The summed E-state index contributed by atoms with van der Waals surface area (Å²) in [6, 6.07) is 0. The third kappa shape index (κ3) is 9.68. The summed E-state index contributed by atoms with van der Waals surface area (Å²) in [6.07, 6.45) is 2.66. The Labute approximate surface area is 117 Å². The number of ether oxygens (including phenoxy) is 1. The minimum absolute atomic E-state index is 0. The lowest BCUT2D eigenvalue weighted by atomic mass is 9.97. The van der Waals surface area contributed by atoms with E-state index < -0.39 is 5.54 Å². The van der Waals surface area contributed by atoms with Gasteiger partial charge in [-0.3, -0.25) is 4.79 Å². The van der Waals surface area contributed by atoms with Crippen molar-refractivity contribution in [2.24, 2.45) is 11.7 Å². The van der Waals surface area contributed by atoms with Gasteiger partial charge in [0.15, 0.2) is 0 Å². The molecule has 0 saturated carbocycles. The number of carbonyl (C=O) groups is 1. The summed E-state index contributed by atoms with van der Waals surface area (Å²) in [6.45, 7) is 9.96. The molecule has 1 atom stereocenters. The molecule has 4 nitrogen and oxygen atoms in total. The van der Waals surface area contributed by atoms with Crippen LogP contribution in [-0.4, -0.2) is 31.2 Å². The van der Waals surface area contributed by atoms with Crippen LogP contribution in [-0.2, 0) is 9.53 Å². The Hall–Kier alpha value is -0.320. The monoisotopic (exact) mass is 280 g/mol. The van der Waals surface area contributed by atoms with Crippen molar-refractivity contribution in [3.05, 3.63) is 0 Å². The van der Waals surface area contributed by atoms with Crippen LogP contribution in [0.5, 0.6) is 0 Å². The van der Waals surface area contributed by atoms with E-state index in [-0.39, 0.29) is 18.3 Å². The lowest BCUT2D eigenvalue weighted by Crippen LogP contribution is -2.52. The number of nitrogens with one attached hydrogen (secondary N) is 1. The first-order chi connectivity index (χ1) is 7.90. The number of amides is 1. The molecule has 0 bridgehead atoms. The largest absolute Gasteiger partial charge is 0.380 e. The van der Waals surface area contributed by atoms with Gasteiger partial charge in [0.25, 0.3) is 0 Å². The zero-order valence-corrected chi connectivity index (χ0v) is 12.9. The summed E-state index contributed by atoms with van der Waals surface area (Å²) in [5.41, 5.74) is 5.14. The molecule has 1 amide bonds. The van der Waals surface area contributed by atoms with Gasteiger partial charge in [-0.2, -0.15) is 0 Å². The molecule has 5 heteroatoms. The Morgan fingerprint density at radius 3 is 2.50 bits per heavy atom. The van der Waals surface area contributed by atoms with Crippen molar-refractivity contribution in [3.8, 4) is 0 Å². The van der Waals surface area contributed by atoms with E-state index in [1.54, 1.807) is 6.92 Å². The number of hydrogen-bond acceptors (Lipinski definition) is 3. The highest BCUT2D eigenvalue weighted by Crippen LogP contribution is 2.07. The quantitative estimate of drug-likeness (QED) is 0.636. The summed E-state index contributed by atoms with van der Waals surface area (Å²) >= 11 is 0. The third-order valence-electron chi connectivity index (χ3n) is 2.66. The van der Waals surface area contributed by atoms with Gasteiger partial charge in [-0.15, -0.1) is 12.4 Å². The van der Waals surface area contributed by atoms with Crippen LogP contribution in [0.4, 0.5) is 0 Å². The maximum Gasteiger partial charge on any atom is 0.239 e. The molecule has 0 rings (SSSR count). The second-order valence-corrected chi connectivity index (χ2v) is 5.22. The Bertz CT molecular complexity index is 221. The second kappa shape index (κ2) is 10.6. The van der Waals surface area contributed by atoms with E-state index in [0.717, 1.165) is 19.4 Å². The minimum atomic E-state index is -0.757. The molecular formula is C13H29ClN2O2. The van der Waals surface area contributed by atoms with Crippen LogP contribution < -0.4 is 11.1 Å². The van der Waals surface area contributed by atoms with Gasteiger partial charge in [-0.25, -0.2) is 0 Å². The molecule has 0 saturated heterocycles. The standard InChI is InChI=1S/C13H28N2O2.ClH/c1-5-7-13(4,14)12(16)15-8-10-17-9-6-11(2)3;/h11H,5-10,14H2,1-4H3,(H,15,16);1H. The molecule has 0 spiro atoms. The molecule has 3 N–H and O–H groups in total. The average Bonchev–Trinajstić information content (AvgIpc) is 2.22. The molecular weight excluding hydrogens is 252 g/mol. The molecule has 18 heavy (non-hydrogen) atoms. The highest BCUT2D eigenvalue weighted by molar-refractivity contribution is 5.85. The summed E-state index contributed by atoms with van der Waals surface area (Å²) in [5.74, 6) is 0.563.